The third-order valence-corrected chi connectivity index (χ3v) is 3.28. The number of aliphatic hydroxyl groups excluding tert-OH is 1. The molecule has 0 saturated heterocycles. The molecule has 0 aliphatic heterocycles. The molecule has 0 spiro atoms. The van der Waals surface area contributed by atoms with Gasteiger partial charge in [-0.05, 0) is 24.1 Å². The molecule has 0 aromatic heterocycles. The first-order chi connectivity index (χ1) is 9.72. The first kappa shape index (κ1) is 17.2. The molecular formula is C15H25ClN2O2. The van der Waals surface area contributed by atoms with E-state index in [0.29, 0.717) is 13.2 Å². The van der Waals surface area contributed by atoms with Crippen molar-refractivity contribution in [2.24, 2.45) is 0 Å². The lowest BCUT2D eigenvalue weighted by atomic mass is 10.1. The summed E-state index contributed by atoms with van der Waals surface area (Å²) >= 11 is 6.12. The number of methoxy groups -OCH3 is 1. The topological polar surface area (TPSA) is 44.7 Å². The maximum Gasteiger partial charge on any atom is 0.0606 e. The Kier molecular flexibility index (Phi) is 8.62. The van der Waals surface area contributed by atoms with Crippen molar-refractivity contribution < 1.29 is 9.84 Å². The van der Waals surface area contributed by atoms with Gasteiger partial charge in [-0.15, -0.1) is 0 Å². The Hall–Kier alpha value is -0.810. The summed E-state index contributed by atoms with van der Waals surface area (Å²) in [5, 5.41) is 13.3. The van der Waals surface area contributed by atoms with Crippen LogP contribution in [0.5, 0.6) is 0 Å². The normalized spacial score (nSPS) is 10.8. The van der Waals surface area contributed by atoms with E-state index in [1.54, 1.807) is 7.11 Å². The Labute approximate surface area is 126 Å². The van der Waals surface area contributed by atoms with Crippen molar-refractivity contribution in [2.75, 3.05) is 44.9 Å². The quantitative estimate of drug-likeness (QED) is 0.651. The minimum absolute atomic E-state index is 0.142. The summed E-state index contributed by atoms with van der Waals surface area (Å²) in [4.78, 5) is 2.18. The van der Waals surface area contributed by atoms with E-state index in [1.165, 1.54) is 5.56 Å². The number of nitrogens with zero attached hydrogens (tertiary/aromatic N) is 1. The minimum atomic E-state index is 0.142. The average molecular weight is 301 g/mol. The third-order valence-electron chi connectivity index (χ3n) is 3.05. The number of hydrogen-bond acceptors (Lipinski definition) is 4. The smallest absolute Gasteiger partial charge is 0.0606 e. The lowest BCUT2D eigenvalue weighted by Gasteiger charge is -2.26. The van der Waals surface area contributed by atoms with Crippen molar-refractivity contribution in [1.82, 2.24) is 5.32 Å². The molecular weight excluding hydrogens is 276 g/mol. The summed E-state index contributed by atoms with van der Waals surface area (Å²) in [5.74, 6) is 0. The predicted octanol–water partition coefficient (Wildman–Crippen LogP) is 2.28. The first-order valence-corrected chi connectivity index (χ1v) is 7.44. The maximum atomic E-state index is 9.22. The molecule has 0 fully saturated rings. The second-order valence-corrected chi connectivity index (χ2v) is 5.09. The second kappa shape index (κ2) is 10.00. The van der Waals surface area contributed by atoms with Crippen molar-refractivity contribution in [3.05, 3.63) is 28.8 Å². The zero-order valence-electron chi connectivity index (χ0n) is 12.4. The lowest BCUT2D eigenvalue weighted by Crippen LogP contribution is -2.29. The van der Waals surface area contributed by atoms with Crippen LogP contribution >= 0.6 is 11.6 Å². The summed E-state index contributed by atoms with van der Waals surface area (Å²) in [7, 11) is 1.69. The highest BCUT2D eigenvalue weighted by atomic mass is 35.5. The summed E-state index contributed by atoms with van der Waals surface area (Å²) < 4.78 is 5.03. The standard InChI is InChI=1S/C15H25ClN2O2/c1-3-7-18(8-9-19)15-11-14(16)5-4-13(15)12-17-6-10-20-2/h4-5,11,17,19H,3,6-10,12H2,1-2H3. The number of aliphatic hydroxyl groups is 1. The van der Waals surface area contributed by atoms with E-state index in [1.807, 2.05) is 18.2 Å². The van der Waals surface area contributed by atoms with Gasteiger partial charge in [-0.2, -0.15) is 0 Å². The lowest BCUT2D eigenvalue weighted by molar-refractivity contribution is 0.199. The van der Waals surface area contributed by atoms with E-state index in [4.69, 9.17) is 16.3 Å². The Morgan fingerprint density at radius 2 is 2.15 bits per heavy atom. The van der Waals surface area contributed by atoms with E-state index in [2.05, 4.69) is 17.1 Å². The van der Waals surface area contributed by atoms with Gasteiger partial charge < -0.3 is 20.1 Å². The van der Waals surface area contributed by atoms with E-state index < -0.39 is 0 Å². The van der Waals surface area contributed by atoms with Crippen LogP contribution in [-0.2, 0) is 11.3 Å². The SMILES string of the molecule is CCCN(CCO)c1cc(Cl)ccc1CNCCOC. The molecule has 0 bridgehead atoms. The second-order valence-electron chi connectivity index (χ2n) is 4.65. The van der Waals surface area contributed by atoms with Gasteiger partial charge in [-0.25, -0.2) is 0 Å². The van der Waals surface area contributed by atoms with Gasteiger partial charge in [0.05, 0.1) is 13.2 Å². The number of halogens is 1. The largest absolute Gasteiger partial charge is 0.395 e. The third kappa shape index (κ3) is 5.67. The van der Waals surface area contributed by atoms with Gasteiger partial charge in [0.2, 0.25) is 0 Å². The number of ether oxygens (including phenoxy) is 1. The molecule has 0 atom stereocenters. The molecule has 1 aromatic rings. The minimum Gasteiger partial charge on any atom is -0.395 e. The Morgan fingerprint density at radius 1 is 1.35 bits per heavy atom. The average Bonchev–Trinajstić information content (AvgIpc) is 2.44. The fourth-order valence-corrected chi connectivity index (χ4v) is 2.29. The van der Waals surface area contributed by atoms with Crippen molar-refractivity contribution in [1.29, 1.82) is 0 Å². The molecule has 114 valence electrons. The van der Waals surface area contributed by atoms with E-state index in [0.717, 1.165) is 36.8 Å². The number of nitrogens with one attached hydrogen (secondary N) is 1. The van der Waals surface area contributed by atoms with Crippen molar-refractivity contribution in [3.8, 4) is 0 Å². The van der Waals surface area contributed by atoms with Gasteiger partial charge >= 0.3 is 0 Å². The van der Waals surface area contributed by atoms with Crippen LogP contribution in [0.1, 0.15) is 18.9 Å². The number of hydrogen-bond donors (Lipinski definition) is 2. The van der Waals surface area contributed by atoms with E-state index in [-0.39, 0.29) is 6.61 Å². The van der Waals surface area contributed by atoms with Crippen LogP contribution in [-0.4, -0.2) is 45.1 Å². The Balaban J connectivity index is 2.81. The Morgan fingerprint density at radius 3 is 2.80 bits per heavy atom. The van der Waals surface area contributed by atoms with Gasteiger partial charge in [0.15, 0.2) is 0 Å². The highest BCUT2D eigenvalue weighted by Crippen LogP contribution is 2.25. The maximum absolute atomic E-state index is 9.22. The summed E-state index contributed by atoms with van der Waals surface area (Å²) in [6.07, 6.45) is 1.03. The molecule has 0 heterocycles. The summed E-state index contributed by atoms with van der Waals surface area (Å²) in [6.45, 7) is 6.08. The molecule has 0 radical (unpaired) electrons. The number of rotatable bonds is 10. The molecule has 0 unspecified atom stereocenters. The van der Waals surface area contributed by atoms with Crippen LogP contribution in [0.15, 0.2) is 18.2 Å². The fourth-order valence-electron chi connectivity index (χ4n) is 2.12. The van der Waals surface area contributed by atoms with Crippen molar-refractivity contribution >= 4 is 17.3 Å². The van der Waals surface area contributed by atoms with Crippen LogP contribution in [0.2, 0.25) is 5.02 Å². The van der Waals surface area contributed by atoms with Gasteiger partial charge in [0.1, 0.15) is 0 Å². The first-order valence-electron chi connectivity index (χ1n) is 7.06. The Bertz CT molecular complexity index is 382. The van der Waals surface area contributed by atoms with Crippen LogP contribution in [0.3, 0.4) is 0 Å². The monoisotopic (exact) mass is 300 g/mol. The van der Waals surface area contributed by atoms with Crippen LogP contribution in [0.25, 0.3) is 0 Å². The molecule has 4 nitrogen and oxygen atoms in total. The molecule has 0 aliphatic carbocycles. The van der Waals surface area contributed by atoms with Gasteiger partial charge in [-0.1, -0.05) is 24.6 Å². The van der Waals surface area contributed by atoms with Crippen LogP contribution < -0.4 is 10.2 Å². The molecule has 0 aliphatic rings. The van der Waals surface area contributed by atoms with Crippen molar-refractivity contribution in [3.63, 3.8) is 0 Å². The molecule has 0 saturated carbocycles. The van der Waals surface area contributed by atoms with Crippen molar-refractivity contribution in [2.45, 2.75) is 19.9 Å². The number of anilines is 1. The van der Waals surface area contributed by atoms with Gasteiger partial charge in [-0.3, -0.25) is 0 Å². The summed E-state index contributed by atoms with van der Waals surface area (Å²) in [6, 6.07) is 5.92. The molecule has 1 rings (SSSR count). The van der Waals surface area contributed by atoms with Gasteiger partial charge in [0, 0.05) is 44.0 Å². The van der Waals surface area contributed by atoms with E-state index in [9.17, 15) is 5.11 Å². The molecule has 2 N–H and O–H groups in total. The predicted molar refractivity (Wildman–Crippen MR) is 84.6 cm³/mol. The molecule has 1 aromatic carbocycles. The molecule has 5 heteroatoms. The molecule has 20 heavy (non-hydrogen) atoms. The number of benzene rings is 1. The zero-order chi connectivity index (χ0) is 14.8. The fraction of sp³-hybridized carbons (Fsp3) is 0.600. The highest BCUT2D eigenvalue weighted by Gasteiger charge is 2.11. The summed E-state index contributed by atoms with van der Waals surface area (Å²) in [5.41, 5.74) is 2.28. The molecule has 0 amide bonds. The van der Waals surface area contributed by atoms with Crippen LogP contribution in [0.4, 0.5) is 5.69 Å². The highest BCUT2D eigenvalue weighted by molar-refractivity contribution is 6.30. The zero-order valence-corrected chi connectivity index (χ0v) is 13.1. The van der Waals surface area contributed by atoms with Crippen LogP contribution in [0, 0.1) is 0 Å². The van der Waals surface area contributed by atoms with E-state index >= 15 is 0 Å². The van der Waals surface area contributed by atoms with Gasteiger partial charge in [0.25, 0.3) is 0 Å².